The number of carbonyl (C=O) groups is 1. The number of rotatable bonds is 7. The second-order valence-electron chi connectivity index (χ2n) is 7.66. The van der Waals surface area contributed by atoms with Crippen LogP contribution in [0.3, 0.4) is 0 Å². The fraction of sp³-hybridized carbons (Fsp3) is 0.208. The van der Waals surface area contributed by atoms with Crippen LogP contribution in [0.25, 0.3) is 10.2 Å². The maximum atomic E-state index is 13.8. The summed E-state index contributed by atoms with van der Waals surface area (Å²) in [7, 11) is 2.78. The van der Waals surface area contributed by atoms with Gasteiger partial charge in [-0.1, -0.05) is 23.5 Å². The number of aromatic nitrogens is 2. The Morgan fingerprint density at radius 3 is 2.53 bits per heavy atom. The third-order valence-corrected chi connectivity index (χ3v) is 6.31. The van der Waals surface area contributed by atoms with E-state index in [-0.39, 0.29) is 29.3 Å². The van der Waals surface area contributed by atoms with Crippen LogP contribution in [0.5, 0.6) is 11.5 Å². The fourth-order valence-electron chi connectivity index (χ4n) is 3.71. The summed E-state index contributed by atoms with van der Waals surface area (Å²) in [5, 5.41) is 12.3. The van der Waals surface area contributed by atoms with Crippen molar-refractivity contribution in [3.8, 4) is 11.5 Å². The Kier molecular flexibility index (Phi) is 6.42. The van der Waals surface area contributed by atoms with Crippen LogP contribution in [0.15, 0.2) is 48.8 Å². The molecule has 0 N–H and O–H groups in total. The zero-order valence-corrected chi connectivity index (χ0v) is 19.9. The molecular formula is C24H22N4O5S. The number of amides is 1. The lowest BCUT2D eigenvalue weighted by molar-refractivity contribution is -0.385. The summed E-state index contributed by atoms with van der Waals surface area (Å²) < 4.78 is 11.4. The van der Waals surface area contributed by atoms with Crippen LogP contribution in [0.1, 0.15) is 27.0 Å². The lowest BCUT2D eigenvalue weighted by atomic mass is 10.1. The van der Waals surface area contributed by atoms with Gasteiger partial charge in [-0.15, -0.1) is 0 Å². The molecule has 0 aliphatic rings. The van der Waals surface area contributed by atoms with Gasteiger partial charge in [0.2, 0.25) is 0 Å². The molecule has 0 radical (unpaired) electrons. The molecule has 0 saturated heterocycles. The highest BCUT2D eigenvalue weighted by molar-refractivity contribution is 7.22. The number of benzene rings is 2. The summed E-state index contributed by atoms with van der Waals surface area (Å²) in [5.41, 5.74) is 3.11. The zero-order valence-electron chi connectivity index (χ0n) is 19.1. The second-order valence-corrected chi connectivity index (χ2v) is 8.67. The number of hydrogen-bond donors (Lipinski definition) is 0. The average Bonchev–Trinajstić information content (AvgIpc) is 3.25. The van der Waals surface area contributed by atoms with E-state index < -0.39 is 10.8 Å². The first-order valence-corrected chi connectivity index (χ1v) is 11.1. The number of ether oxygens (including phenoxy) is 2. The minimum Gasteiger partial charge on any atom is -0.493 e. The van der Waals surface area contributed by atoms with Crippen LogP contribution < -0.4 is 14.4 Å². The minimum absolute atomic E-state index is 0.126. The van der Waals surface area contributed by atoms with Crippen molar-refractivity contribution in [3.63, 3.8) is 0 Å². The number of aryl methyl sites for hydroxylation is 2. The quantitative estimate of drug-likeness (QED) is 0.269. The predicted molar refractivity (Wildman–Crippen MR) is 130 cm³/mol. The molecule has 0 bridgehead atoms. The second kappa shape index (κ2) is 9.44. The smallest absolute Gasteiger partial charge is 0.286 e. The molecule has 2 heterocycles. The Balaban J connectivity index is 1.88. The maximum absolute atomic E-state index is 13.8. The van der Waals surface area contributed by atoms with Crippen LogP contribution in [0.2, 0.25) is 0 Å². The van der Waals surface area contributed by atoms with E-state index in [0.717, 1.165) is 26.9 Å². The van der Waals surface area contributed by atoms with Gasteiger partial charge in [0, 0.05) is 18.5 Å². The van der Waals surface area contributed by atoms with Gasteiger partial charge in [0.05, 0.1) is 42.0 Å². The van der Waals surface area contributed by atoms with Crippen LogP contribution in [0, 0.1) is 24.0 Å². The number of fused-ring (bicyclic) bond motifs is 1. The summed E-state index contributed by atoms with van der Waals surface area (Å²) in [4.78, 5) is 35.4. The monoisotopic (exact) mass is 478 g/mol. The molecule has 4 aromatic rings. The number of pyridine rings is 1. The van der Waals surface area contributed by atoms with Gasteiger partial charge in [0.15, 0.2) is 16.6 Å². The standard InChI is InChI=1S/C24H22N4O5S/c1-14-8-15(2)22-21(9-14)34-24(26-22)27(13-16-6-5-7-25-12-16)23(29)17-10-19(32-3)20(33-4)11-18(17)28(30)31/h5-12H,13H2,1-4H3. The Hall–Kier alpha value is -4.05. The van der Waals surface area contributed by atoms with Crippen molar-refractivity contribution in [2.75, 3.05) is 19.1 Å². The average molecular weight is 479 g/mol. The summed E-state index contributed by atoms with van der Waals surface area (Å²) in [5.74, 6) is -0.200. The van der Waals surface area contributed by atoms with Gasteiger partial charge in [-0.2, -0.15) is 0 Å². The molecule has 0 unspecified atom stereocenters. The Bertz CT molecular complexity index is 1390. The van der Waals surface area contributed by atoms with Crippen molar-refractivity contribution in [2.45, 2.75) is 20.4 Å². The number of anilines is 1. The number of thiazole rings is 1. The first-order chi connectivity index (χ1) is 16.3. The molecule has 2 aromatic heterocycles. The molecule has 10 heteroatoms. The normalized spacial score (nSPS) is 10.8. The van der Waals surface area contributed by atoms with E-state index in [1.54, 1.807) is 18.5 Å². The van der Waals surface area contributed by atoms with Crippen LogP contribution in [-0.2, 0) is 6.54 Å². The topological polar surface area (TPSA) is 108 Å². The van der Waals surface area contributed by atoms with Gasteiger partial charge in [0.1, 0.15) is 5.56 Å². The van der Waals surface area contributed by atoms with E-state index in [2.05, 4.69) is 4.98 Å². The van der Waals surface area contributed by atoms with Crippen molar-refractivity contribution in [2.24, 2.45) is 0 Å². The highest BCUT2D eigenvalue weighted by Crippen LogP contribution is 2.38. The van der Waals surface area contributed by atoms with Crippen molar-refractivity contribution in [3.05, 3.63) is 81.2 Å². The molecule has 4 rings (SSSR count). The van der Waals surface area contributed by atoms with Crippen molar-refractivity contribution in [1.29, 1.82) is 0 Å². The third kappa shape index (κ3) is 4.40. The van der Waals surface area contributed by atoms with Crippen molar-refractivity contribution >= 4 is 38.3 Å². The first kappa shape index (κ1) is 23.1. The minimum atomic E-state index is -0.608. The maximum Gasteiger partial charge on any atom is 0.286 e. The van der Waals surface area contributed by atoms with Crippen LogP contribution in [0.4, 0.5) is 10.8 Å². The Morgan fingerprint density at radius 1 is 1.15 bits per heavy atom. The fourth-order valence-corrected chi connectivity index (χ4v) is 4.85. The zero-order chi connectivity index (χ0) is 24.4. The molecular weight excluding hydrogens is 456 g/mol. The van der Waals surface area contributed by atoms with Gasteiger partial charge in [-0.25, -0.2) is 4.98 Å². The Morgan fingerprint density at radius 2 is 1.88 bits per heavy atom. The van der Waals surface area contributed by atoms with E-state index in [4.69, 9.17) is 14.5 Å². The summed E-state index contributed by atoms with van der Waals surface area (Å²) >= 11 is 1.36. The van der Waals surface area contributed by atoms with Gasteiger partial charge >= 0.3 is 0 Å². The van der Waals surface area contributed by atoms with E-state index in [9.17, 15) is 14.9 Å². The molecule has 0 fully saturated rings. The number of carbonyl (C=O) groups excluding carboxylic acids is 1. The summed E-state index contributed by atoms with van der Waals surface area (Å²) in [6, 6.07) is 10.2. The molecule has 0 aliphatic heterocycles. The lowest BCUT2D eigenvalue weighted by Crippen LogP contribution is -2.31. The molecule has 0 spiro atoms. The predicted octanol–water partition coefficient (Wildman–Crippen LogP) is 5.08. The molecule has 2 aromatic carbocycles. The van der Waals surface area contributed by atoms with Crippen LogP contribution >= 0.6 is 11.3 Å². The number of methoxy groups -OCH3 is 2. The van der Waals surface area contributed by atoms with E-state index >= 15 is 0 Å². The van der Waals surface area contributed by atoms with E-state index in [0.29, 0.717) is 5.13 Å². The molecule has 0 saturated carbocycles. The molecule has 0 aliphatic carbocycles. The lowest BCUT2D eigenvalue weighted by Gasteiger charge is -2.20. The highest BCUT2D eigenvalue weighted by atomic mass is 32.1. The summed E-state index contributed by atoms with van der Waals surface area (Å²) in [6.45, 7) is 4.10. The largest absolute Gasteiger partial charge is 0.493 e. The molecule has 34 heavy (non-hydrogen) atoms. The highest BCUT2D eigenvalue weighted by Gasteiger charge is 2.30. The van der Waals surface area contributed by atoms with Crippen LogP contribution in [-0.4, -0.2) is 35.0 Å². The number of hydrogen-bond acceptors (Lipinski definition) is 8. The van der Waals surface area contributed by atoms with Crippen molar-refractivity contribution in [1.82, 2.24) is 9.97 Å². The molecule has 1 amide bonds. The van der Waals surface area contributed by atoms with Gasteiger partial charge in [0.25, 0.3) is 11.6 Å². The molecule has 0 atom stereocenters. The van der Waals surface area contributed by atoms with Gasteiger partial charge < -0.3 is 9.47 Å². The number of nitro groups is 1. The Labute approximate surface area is 199 Å². The number of nitro benzene ring substituents is 1. The third-order valence-electron chi connectivity index (χ3n) is 5.29. The molecule has 174 valence electrons. The van der Waals surface area contributed by atoms with E-state index in [1.165, 1.54) is 42.6 Å². The van der Waals surface area contributed by atoms with E-state index in [1.807, 2.05) is 32.0 Å². The number of nitrogens with zero attached hydrogens (tertiary/aromatic N) is 4. The first-order valence-electron chi connectivity index (χ1n) is 10.3. The van der Waals surface area contributed by atoms with Crippen molar-refractivity contribution < 1.29 is 19.2 Å². The SMILES string of the molecule is COc1cc(C(=O)N(Cc2cccnc2)c2nc3c(C)cc(C)cc3s2)c([N+](=O)[O-])cc1OC. The summed E-state index contributed by atoms with van der Waals surface area (Å²) in [6.07, 6.45) is 3.28. The molecule has 9 nitrogen and oxygen atoms in total. The van der Waals surface area contributed by atoms with Gasteiger partial charge in [-0.3, -0.25) is 24.8 Å². The van der Waals surface area contributed by atoms with Gasteiger partial charge in [-0.05, 0) is 42.7 Å².